The van der Waals surface area contributed by atoms with E-state index in [4.69, 9.17) is 11.6 Å². The average Bonchev–Trinajstić information content (AvgIpc) is 3.02. The number of benzene rings is 4. The fraction of sp³-hybridized carbons (Fsp3) is 0.235. The van der Waals surface area contributed by atoms with E-state index in [-0.39, 0.29) is 23.8 Å². The molecule has 0 spiro atoms. The molecule has 9 heteroatoms. The number of nitrogens with one attached hydrogen (secondary N) is 1. The van der Waals surface area contributed by atoms with Gasteiger partial charge in [-0.3, -0.25) is 13.9 Å². The third kappa shape index (κ3) is 7.63. The molecule has 43 heavy (non-hydrogen) atoms. The van der Waals surface area contributed by atoms with Crippen LogP contribution in [0, 0.1) is 6.92 Å². The van der Waals surface area contributed by atoms with Gasteiger partial charge in [0.1, 0.15) is 12.6 Å². The van der Waals surface area contributed by atoms with Gasteiger partial charge in [0, 0.05) is 25.0 Å². The minimum absolute atomic E-state index is 0.0112. The summed E-state index contributed by atoms with van der Waals surface area (Å²) in [7, 11) is -2.65. The van der Waals surface area contributed by atoms with E-state index < -0.39 is 28.5 Å². The topological polar surface area (TPSA) is 86.8 Å². The first-order valence-corrected chi connectivity index (χ1v) is 15.9. The maximum atomic E-state index is 14.4. The van der Waals surface area contributed by atoms with Crippen LogP contribution >= 0.6 is 11.6 Å². The first kappa shape index (κ1) is 31.8. The van der Waals surface area contributed by atoms with Gasteiger partial charge in [0.25, 0.3) is 10.0 Å². The zero-order valence-corrected chi connectivity index (χ0v) is 26.1. The number of carbonyl (C=O) groups is 2. The van der Waals surface area contributed by atoms with Crippen molar-refractivity contribution in [2.45, 2.75) is 44.2 Å². The monoisotopic (exact) mass is 617 g/mol. The lowest BCUT2D eigenvalue weighted by molar-refractivity contribution is -0.139. The number of likely N-dealkylation sites (N-methyl/N-ethyl adjacent to an activating group) is 1. The number of nitrogens with zero attached hydrogens (tertiary/aromatic N) is 2. The minimum Gasteiger partial charge on any atom is -0.357 e. The molecule has 0 bridgehead atoms. The molecular weight excluding hydrogens is 582 g/mol. The SMILES string of the molecule is CCc1ccccc1N(CC(=O)N(Cc1ccccc1Cl)C(Cc1ccccc1)C(=O)NC)S(=O)(=O)c1ccc(C)cc1. The van der Waals surface area contributed by atoms with Gasteiger partial charge in [0.2, 0.25) is 11.8 Å². The number of anilines is 1. The van der Waals surface area contributed by atoms with Crippen LogP contribution in [0.25, 0.3) is 0 Å². The molecule has 224 valence electrons. The summed E-state index contributed by atoms with van der Waals surface area (Å²) in [6, 6.07) is 29.3. The van der Waals surface area contributed by atoms with Crippen LogP contribution in [0.15, 0.2) is 108 Å². The van der Waals surface area contributed by atoms with Crippen molar-refractivity contribution in [3.63, 3.8) is 0 Å². The van der Waals surface area contributed by atoms with E-state index in [0.717, 1.165) is 21.0 Å². The van der Waals surface area contributed by atoms with E-state index in [1.54, 1.807) is 54.6 Å². The van der Waals surface area contributed by atoms with Crippen molar-refractivity contribution >= 4 is 39.1 Å². The number of halogens is 1. The lowest BCUT2D eigenvalue weighted by Crippen LogP contribution is -2.53. The van der Waals surface area contributed by atoms with Gasteiger partial charge in [-0.1, -0.05) is 103 Å². The third-order valence-electron chi connectivity index (χ3n) is 7.35. The Morgan fingerprint density at radius 2 is 1.44 bits per heavy atom. The van der Waals surface area contributed by atoms with Gasteiger partial charge in [-0.05, 0) is 54.3 Å². The lowest BCUT2D eigenvalue weighted by atomic mass is 10.0. The Morgan fingerprint density at radius 1 is 0.837 bits per heavy atom. The van der Waals surface area contributed by atoms with Gasteiger partial charge in [-0.2, -0.15) is 0 Å². The molecule has 7 nitrogen and oxygen atoms in total. The normalized spacial score (nSPS) is 11.9. The zero-order chi connectivity index (χ0) is 31.0. The standard InChI is InChI=1S/C34H36ClN3O4S/c1-4-27-14-9-11-17-31(27)38(43(41,42)29-20-18-25(2)19-21-29)24-33(39)37(23-28-15-8-10-16-30(28)35)32(34(40)36-3)22-26-12-6-5-7-13-26/h5-21,32H,4,22-24H2,1-3H3,(H,36,40). The van der Waals surface area contributed by atoms with E-state index in [1.807, 2.05) is 62.4 Å². The van der Waals surface area contributed by atoms with Gasteiger partial charge >= 0.3 is 0 Å². The van der Waals surface area contributed by atoms with Gasteiger partial charge < -0.3 is 10.2 Å². The van der Waals surface area contributed by atoms with E-state index in [0.29, 0.717) is 22.7 Å². The van der Waals surface area contributed by atoms with E-state index >= 15 is 0 Å². The molecule has 4 aromatic carbocycles. The molecule has 0 saturated carbocycles. The van der Waals surface area contributed by atoms with Crippen LogP contribution < -0.4 is 9.62 Å². The molecule has 0 saturated heterocycles. The highest BCUT2D eigenvalue weighted by Gasteiger charge is 2.35. The van der Waals surface area contributed by atoms with Gasteiger partial charge in [0.05, 0.1) is 10.6 Å². The molecule has 4 aromatic rings. The summed E-state index contributed by atoms with van der Waals surface area (Å²) in [4.78, 5) is 29.3. The summed E-state index contributed by atoms with van der Waals surface area (Å²) in [5.74, 6) is -0.905. The highest BCUT2D eigenvalue weighted by atomic mass is 35.5. The molecule has 0 heterocycles. The van der Waals surface area contributed by atoms with Crippen LogP contribution in [-0.4, -0.2) is 44.8 Å². The second-order valence-corrected chi connectivity index (χ2v) is 12.5. The van der Waals surface area contributed by atoms with Crippen molar-refractivity contribution in [3.8, 4) is 0 Å². The van der Waals surface area contributed by atoms with Crippen LogP contribution in [0.1, 0.15) is 29.2 Å². The minimum atomic E-state index is -4.16. The van der Waals surface area contributed by atoms with E-state index in [9.17, 15) is 18.0 Å². The van der Waals surface area contributed by atoms with Crippen molar-refractivity contribution in [2.24, 2.45) is 0 Å². The number of amides is 2. The predicted octanol–water partition coefficient (Wildman–Crippen LogP) is 5.79. The van der Waals surface area contributed by atoms with Crippen molar-refractivity contribution < 1.29 is 18.0 Å². The number of carbonyl (C=O) groups excluding carboxylic acids is 2. The second-order valence-electron chi connectivity index (χ2n) is 10.2. The average molecular weight is 618 g/mol. The Morgan fingerprint density at radius 3 is 2.07 bits per heavy atom. The maximum Gasteiger partial charge on any atom is 0.264 e. The molecule has 1 N–H and O–H groups in total. The van der Waals surface area contributed by atoms with Gasteiger partial charge in [0.15, 0.2) is 0 Å². The van der Waals surface area contributed by atoms with Crippen molar-refractivity contribution in [3.05, 3.63) is 130 Å². The molecular formula is C34H36ClN3O4S. The van der Waals surface area contributed by atoms with Crippen LogP contribution in [0.3, 0.4) is 0 Å². The number of rotatable bonds is 12. The maximum absolute atomic E-state index is 14.4. The Hall–Kier alpha value is -4.14. The fourth-order valence-corrected chi connectivity index (χ4v) is 6.58. The molecule has 4 rings (SSSR count). The second kappa shape index (κ2) is 14.4. The third-order valence-corrected chi connectivity index (χ3v) is 9.49. The van der Waals surface area contributed by atoms with Gasteiger partial charge in [-0.15, -0.1) is 0 Å². The molecule has 0 fully saturated rings. The van der Waals surface area contributed by atoms with Crippen LogP contribution in [0.2, 0.25) is 5.02 Å². The van der Waals surface area contributed by atoms with Crippen LogP contribution in [0.5, 0.6) is 0 Å². The molecule has 1 atom stereocenters. The summed E-state index contributed by atoms with van der Waals surface area (Å²) < 4.78 is 29.5. The first-order valence-electron chi connectivity index (χ1n) is 14.1. The Labute approximate surface area is 259 Å². The smallest absolute Gasteiger partial charge is 0.264 e. The van der Waals surface area contributed by atoms with Gasteiger partial charge in [-0.25, -0.2) is 8.42 Å². The lowest BCUT2D eigenvalue weighted by Gasteiger charge is -2.34. The summed E-state index contributed by atoms with van der Waals surface area (Å²) in [5.41, 5.74) is 3.60. The first-order chi connectivity index (χ1) is 20.6. The number of sulfonamides is 1. The predicted molar refractivity (Wildman–Crippen MR) is 172 cm³/mol. The molecule has 0 aromatic heterocycles. The Balaban J connectivity index is 1.82. The Bertz CT molecular complexity index is 1660. The number of hydrogen-bond donors (Lipinski definition) is 1. The number of hydrogen-bond acceptors (Lipinski definition) is 4. The highest BCUT2D eigenvalue weighted by molar-refractivity contribution is 7.92. The molecule has 0 radical (unpaired) electrons. The summed E-state index contributed by atoms with van der Waals surface area (Å²) in [6.07, 6.45) is 0.787. The Kier molecular flexibility index (Phi) is 10.6. The van der Waals surface area contributed by atoms with Crippen molar-refractivity contribution in [1.29, 1.82) is 0 Å². The van der Waals surface area contributed by atoms with E-state index in [1.165, 1.54) is 11.9 Å². The zero-order valence-electron chi connectivity index (χ0n) is 24.5. The summed E-state index contributed by atoms with van der Waals surface area (Å²) in [5, 5.41) is 3.13. The van der Waals surface area contributed by atoms with Crippen molar-refractivity contribution in [1.82, 2.24) is 10.2 Å². The summed E-state index contributed by atoms with van der Waals surface area (Å²) >= 11 is 6.51. The van der Waals surface area contributed by atoms with E-state index in [2.05, 4.69) is 5.32 Å². The summed E-state index contributed by atoms with van der Waals surface area (Å²) in [6.45, 7) is 3.31. The number of aryl methyl sites for hydroxylation is 2. The molecule has 0 aliphatic carbocycles. The molecule has 0 aliphatic rings. The quantitative estimate of drug-likeness (QED) is 0.218. The molecule has 0 aliphatic heterocycles. The van der Waals surface area contributed by atoms with Crippen LogP contribution in [0.4, 0.5) is 5.69 Å². The highest BCUT2D eigenvalue weighted by Crippen LogP contribution is 2.29. The molecule has 1 unspecified atom stereocenters. The van der Waals surface area contributed by atoms with Crippen molar-refractivity contribution in [2.75, 3.05) is 17.9 Å². The fourth-order valence-electron chi connectivity index (χ4n) is 4.93. The van der Waals surface area contributed by atoms with Crippen LogP contribution in [-0.2, 0) is 39.0 Å². The largest absolute Gasteiger partial charge is 0.357 e. The molecule has 2 amide bonds. The number of para-hydroxylation sites is 1.